The van der Waals surface area contributed by atoms with Gasteiger partial charge in [-0.2, -0.15) is 0 Å². The van der Waals surface area contributed by atoms with Gasteiger partial charge in [-0.25, -0.2) is 4.98 Å². The summed E-state index contributed by atoms with van der Waals surface area (Å²) < 4.78 is 1.61. The van der Waals surface area contributed by atoms with Crippen LogP contribution >= 0.6 is 11.8 Å². The van der Waals surface area contributed by atoms with E-state index in [1.807, 2.05) is 74.5 Å². The predicted octanol–water partition coefficient (Wildman–Crippen LogP) is 5.86. The second kappa shape index (κ2) is 9.63. The molecule has 1 amide bonds. The molecule has 5 nitrogen and oxygen atoms in total. The molecule has 0 radical (unpaired) electrons. The van der Waals surface area contributed by atoms with E-state index >= 15 is 0 Å². The summed E-state index contributed by atoms with van der Waals surface area (Å²) in [7, 11) is 0. The van der Waals surface area contributed by atoms with Crippen LogP contribution in [0.15, 0.2) is 76.7 Å². The highest BCUT2D eigenvalue weighted by molar-refractivity contribution is 7.99. The normalized spacial score (nSPS) is 11.2. The number of nitrogens with zero attached hydrogens (tertiary/aromatic N) is 2. The zero-order valence-corrected chi connectivity index (χ0v) is 20.1. The van der Waals surface area contributed by atoms with E-state index in [2.05, 4.69) is 19.2 Å². The number of carbonyl (C=O) groups excluding carboxylic acids is 1. The Morgan fingerprint density at radius 2 is 1.67 bits per heavy atom. The van der Waals surface area contributed by atoms with Crippen molar-refractivity contribution in [1.29, 1.82) is 0 Å². The Bertz CT molecular complexity index is 1390. The van der Waals surface area contributed by atoms with E-state index in [4.69, 9.17) is 4.98 Å². The molecule has 1 heterocycles. The third kappa shape index (κ3) is 4.71. The Hall–Kier alpha value is -3.38. The fourth-order valence-electron chi connectivity index (χ4n) is 3.88. The van der Waals surface area contributed by atoms with Crippen LogP contribution in [0.4, 0.5) is 5.69 Å². The van der Waals surface area contributed by atoms with Crippen LogP contribution in [0.2, 0.25) is 0 Å². The number of aryl methyl sites for hydroxylation is 2. The molecule has 4 rings (SSSR count). The lowest BCUT2D eigenvalue weighted by Gasteiger charge is -2.17. The van der Waals surface area contributed by atoms with Crippen LogP contribution in [0.3, 0.4) is 0 Å². The molecule has 0 aliphatic heterocycles. The van der Waals surface area contributed by atoms with Crippen LogP contribution in [0.1, 0.15) is 36.5 Å². The molecule has 0 atom stereocenters. The zero-order valence-electron chi connectivity index (χ0n) is 19.3. The third-order valence-corrected chi connectivity index (χ3v) is 6.56. The molecule has 4 aromatic rings. The number of benzene rings is 3. The number of thioether (sulfide) groups is 1. The van der Waals surface area contributed by atoms with Crippen LogP contribution in [-0.4, -0.2) is 21.2 Å². The monoisotopic (exact) mass is 457 g/mol. The van der Waals surface area contributed by atoms with Gasteiger partial charge in [-0.15, -0.1) is 0 Å². The maximum absolute atomic E-state index is 13.4. The topological polar surface area (TPSA) is 64.0 Å². The summed E-state index contributed by atoms with van der Waals surface area (Å²) in [6.07, 6.45) is 0. The second-order valence-corrected chi connectivity index (χ2v) is 9.31. The molecule has 6 heteroatoms. The fourth-order valence-corrected chi connectivity index (χ4v) is 4.69. The molecule has 33 heavy (non-hydrogen) atoms. The predicted molar refractivity (Wildman–Crippen MR) is 137 cm³/mol. The number of anilines is 1. The Labute approximate surface area is 197 Å². The van der Waals surface area contributed by atoms with Crippen molar-refractivity contribution in [1.82, 2.24) is 9.55 Å². The summed E-state index contributed by atoms with van der Waals surface area (Å²) >= 11 is 1.27. The Balaban J connectivity index is 1.69. The van der Waals surface area contributed by atoms with Gasteiger partial charge < -0.3 is 5.32 Å². The van der Waals surface area contributed by atoms with Gasteiger partial charge in [0.05, 0.1) is 22.3 Å². The molecular formula is C27H27N3O2S. The van der Waals surface area contributed by atoms with Crippen molar-refractivity contribution < 1.29 is 4.79 Å². The number of nitrogens with one attached hydrogen (secondary N) is 1. The molecule has 0 bridgehead atoms. The lowest BCUT2D eigenvalue weighted by molar-refractivity contribution is -0.113. The number of hydrogen-bond donors (Lipinski definition) is 1. The van der Waals surface area contributed by atoms with Crippen molar-refractivity contribution in [2.45, 2.75) is 38.8 Å². The minimum absolute atomic E-state index is 0.130. The van der Waals surface area contributed by atoms with Gasteiger partial charge in [0.1, 0.15) is 0 Å². The van der Waals surface area contributed by atoms with Crippen molar-refractivity contribution in [3.05, 3.63) is 93.8 Å². The van der Waals surface area contributed by atoms with Gasteiger partial charge in [0.2, 0.25) is 5.91 Å². The molecule has 0 fully saturated rings. The highest BCUT2D eigenvalue weighted by atomic mass is 32.2. The smallest absolute Gasteiger partial charge is 0.266 e. The molecule has 0 spiro atoms. The van der Waals surface area contributed by atoms with Gasteiger partial charge in [-0.05, 0) is 54.7 Å². The first-order valence-electron chi connectivity index (χ1n) is 11.0. The lowest BCUT2D eigenvalue weighted by atomic mass is 9.98. The van der Waals surface area contributed by atoms with E-state index in [1.165, 1.54) is 11.8 Å². The number of carbonyl (C=O) groups is 1. The van der Waals surface area contributed by atoms with Gasteiger partial charge in [-0.3, -0.25) is 14.2 Å². The van der Waals surface area contributed by atoms with E-state index in [9.17, 15) is 9.59 Å². The quantitative estimate of drug-likeness (QED) is 0.291. The summed E-state index contributed by atoms with van der Waals surface area (Å²) in [6.45, 7) is 8.18. The van der Waals surface area contributed by atoms with Gasteiger partial charge in [0, 0.05) is 5.69 Å². The Morgan fingerprint density at radius 3 is 2.42 bits per heavy atom. The van der Waals surface area contributed by atoms with Gasteiger partial charge in [-0.1, -0.05) is 74.1 Å². The molecule has 0 aliphatic rings. The van der Waals surface area contributed by atoms with Gasteiger partial charge in [0.15, 0.2) is 5.16 Å². The van der Waals surface area contributed by atoms with E-state index in [0.717, 1.165) is 28.1 Å². The van der Waals surface area contributed by atoms with Crippen molar-refractivity contribution in [3.8, 4) is 5.69 Å². The molecule has 1 aromatic heterocycles. The maximum atomic E-state index is 13.4. The minimum atomic E-state index is -0.140. The van der Waals surface area contributed by atoms with Crippen LogP contribution in [0.25, 0.3) is 16.6 Å². The average Bonchev–Trinajstić information content (AvgIpc) is 2.80. The summed E-state index contributed by atoms with van der Waals surface area (Å²) in [5, 5.41) is 4.13. The number of aromatic nitrogens is 2. The molecular weight excluding hydrogens is 430 g/mol. The second-order valence-electron chi connectivity index (χ2n) is 8.37. The zero-order chi connectivity index (χ0) is 23.5. The highest BCUT2D eigenvalue weighted by Gasteiger charge is 2.17. The summed E-state index contributed by atoms with van der Waals surface area (Å²) in [6, 6.07) is 21.1. The molecule has 0 unspecified atom stereocenters. The molecule has 168 valence electrons. The third-order valence-electron chi connectivity index (χ3n) is 5.63. The molecule has 0 saturated heterocycles. The largest absolute Gasteiger partial charge is 0.325 e. The van der Waals surface area contributed by atoms with Crippen molar-refractivity contribution in [2.24, 2.45) is 0 Å². The number of amides is 1. The Morgan fingerprint density at radius 1 is 0.970 bits per heavy atom. The highest BCUT2D eigenvalue weighted by Crippen LogP contribution is 2.28. The molecule has 0 aliphatic carbocycles. The SMILES string of the molecule is Cc1ccccc1-n1c(SCC(=O)Nc2c(C)cccc2C(C)C)nc2ccccc2c1=O. The number of hydrogen-bond acceptors (Lipinski definition) is 4. The van der Waals surface area contributed by atoms with Gasteiger partial charge >= 0.3 is 0 Å². The van der Waals surface area contributed by atoms with Crippen LogP contribution in [-0.2, 0) is 4.79 Å². The van der Waals surface area contributed by atoms with E-state index in [1.54, 1.807) is 10.6 Å². The molecule has 1 N–H and O–H groups in total. The van der Waals surface area contributed by atoms with Crippen molar-refractivity contribution in [3.63, 3.8) is 0 Å². The van der Waals surface area contributed by atoms with Crippen molar-refractivity contribution in [2.75, 3.05) is 11.1 Å². The van der Waals surface area contributed by atoms with Gasteiger partial charge in [0.25, 0.3) is 5.56 Å². The molecule has 3 aromatic carbocycles. The van der Waals surface area contributed by atoms with Crippen LogP contribution in [0, 0.1) is 13.8 Å². The number of fused-ring (bicyclic) bond motifs is 1. The summed E-state index contributed by atoms with van der Waals surface area (Å²) in [4.78, 5) is 31.1. The first kappa shape index (κ1) is 22.8. The van der Waals surface area contributed by atoms with E-state index in [-0.39, 0.29) is 17.2 Å². The number of rotatable bonds is 6. The van der Waals surface area contributed by atoms with Crippen molar-refractivity contribution >= 4 is 34.3 Å². The minimum Gasteiger partial charge on any atom is -0.325 e. The lowest BCUT2D eigenvalue weighted by Crippen LogP contribution is -2.23. The van der Waals surface area contributed by atoms with Crippen LogP contribution in [0.5, 0.6) is 0 Å². The Kier molecular flexibility index (Phi) is 6.65. The summed E-state index contributed by atoms with van der Waals surface area (Å²) in [5.41, 5.74) is 5.21. The molecule has 0 saturated carbocycles. The first-order chi connectivity index (χ1) is 15.9. The average molecular weight is 458 g/mol. The summed E-state index contributed by atoms with van der Waals surface area (Å²) in [5.74, 6) is 0.305. The fraction of sp³-hybridized carbons (Fsp3) is 0.222. The van der Waals surface area contributed by atoms with E-state index in [0.29, 0.717) is 22.0 Å². The standard InChI is InChI=1S/C27H27N3O2S/c1-17(2)20-13-9-11-19(4)25(20)29-24(31)16-33-27-28-22-14-7-6-12-21(22)26(32)30(27)23-15-8-5-10-18(23)3/h5-15,17H,16H2,1-4H3,(H,29,31). The van der Waals surface area contributed by atoms with Crippen LogP contribution < -0.4 is 10.9 Å². The number of para-hydroxylation sites is 3. The maximum Gasteiger partial charge on any atom is 0.266 e. The first-order valence-corrected chi connectivity index (χ1v) is 12.0. The van der Waals surface area contributed by atoms with E-state index < -0.39 is 0 Å².